The molecule has 0 heterocycles. The van der Waals surface area contributed by atoms with E-state index in [-0.39, 0.29) is 5.41 Å². The van der Waals surface area contributed by atoms with Gasteiger partial charge in [0.05, 0.1) is 6.07 Å². The Labute approximate surface area is 95.7 Å². The topological polar surface area (TPSA) is 52.9 Å². The van der Waals surface area contributed by atoms with Crippen LogP contribution in [0.1, 0.15) is 33.1 Å². The van der Waals surface area contributed by atoms with Gasteiger partial charge in [-0.3, -0.25) is 4.21 Å². The third kappa shape index (κ3) is 9.89. The van der Waals surface area contributed by atoms with Gasteiger partial charge in [-0.2, -0.15) is 5.26 Å². The van der Waals surface area contributed by atoms with Crippen LogP contribution in [0.15, 0.2) is 0 Å². The molecule has 0 rings (SSSR count). The maximum absolute atomic E-state index is 10.8. The number of hydrogen-bond acceptors (Lipinski definition) is 3. The van der Waals surface area contributed by atoms with Crippen molar-refractivity contribution in [1.82, 2.24) is 5.32 Å². The van der Waals surface area contributed by atoms with Gasteiger partial charge in [-0.15, -0.1) is 0 Å². The molecule has 88 valence electrons. The summed E-state index contributed by atoms with van der Waals surface area (Å²) in [6, 6.07) is 2.17. The molecule has 0 radical (unpaired) electrons. The highest BCUT2D eigenvalue weighted by Crippen LogP contribution is 2.20. The zero-order valence-electron chi connectivity index (χ0n) is 10.0. The summed E-state index contributed by atoms with van der Waals surface area (Å²) < 4.78 is 10.8. The molecule has 3 nitrogen and oxygen atoms in total. The number of rotatable bonds is 8. The van der Waals surface area contributed by atoms with Crippen molar-refractivity contribution >= 4 is 10.8 Å². The Hall–Kier alpha value is -0.400. The molecule has 0 aromatic rings. The van der Waals surface area contributed by atoms with Crippen LogP contribution in [0.4, 0.5) is 0 Å². The molecule has 0 bridgehead atoms. The minimum atomic E-state index is -0.678. The lowest BCUT2D eigenvalue weighted by atomic mass is 9.88. The van der Waals surface area contributed by atoms with Crippen molar-refractivity contribution in [2.75, 3.05) is 25.1 Å². The number of nitrogens with zero attached hydrogens (tertiary/aromatic N) is 1. The minimum Gasteiger partial charge on any atom is -0.316 e. The highest BCUT2D eigenvalue weighted by atomic mass is 32.2. The van der Waals surface area contributed by atoms with E-state index in [4.69, 9.17) is 5.26 Å². The first-order valence-electron chi connectivity index (χ1n) is 5.35. The van der Waals surface area contributed by atoms with Crippen molar-refractivity contribution in [3.63, 3.8) is 0 Å². The van der Waals surface area contributed by atoms with E-state index in [1.54, 1.807) is 6.26 Å². The second-order valence-corrected chi connectivity index (χ2v) is 6.18. The zero-order valence-corrected chi connectivity index (χ0v) is 10.8. The summed E-state index contributed by atoms with van der Waals surface area (Å²) in [5, 5.41) is 11.8. The maximum Gasteiger partial charge on any atom is 0.0621 e. The highest BCUT2D eigenvalue weighted by molar-refractivity contribution is 7.84. The Bertz CT molecular complexity index is 233. The Morgan fingerprint density at radius 1 is 1.47 bits per heavy atom. The lowest BCUT2D eigenvalue weighted by molar-refractivity contribution is 0.319. The molecule has 4 heteroatoms. The first kappa shape index (κ1) is 14.6. The third-order valence-electron chi connectivity index (χ3n) is 2.30. The van der Waals surface area contributed by atoms with Crippen molar-refractivity contribution in [3.05, 3.63) is 0 Å². The van der Waals surface area contributed by atoms with Gasteiger partial charge in [0, 0.05) is 35.8 Å². The molecule has 0 aliphatic heterocycles. The van der Waals surface area contributed by atoms with Gasteiger partial charge in [0.25, 0.3) is 0 Å². The van der Waals surface area contributed by atoms with E-state index >= 15 is 0 Å². The van der Waals surface area contributed by atoms with Crippen molar-refractivity contribution < 1.29 is 4.21 Å². The molecule has 0 spiro atoms. The van der Waals surface area contributed by atoms with Gasteiger partial charge in [0.15, 0.2) is 0 Å². The van der Waals surface area contributed by atoms with Crippen LogP contribution < -0.4 is 5.32 Å². The Balaban J connectivity index is 3.49. The molecule has 0 aromatic heterocycles. The molecule has 0 aliphatic rings. The monoisotopic (exact) mass is 230 g/mol. The predicted molar refractivity (Wildman–Crippen MR) is 65.0 cm³/mol. The number of nitriles is 1. The summed E-state index contributed by atoms with van der Waals surface area (Å²) in [5.41, 5.74) is 0.182. The SMILES string of the molecule is CS(=O)CCCNCC(C)(C)CCC#N. The highest BCUT2D eigenvalue weighted by Gasteiger charge is 2.16. The fourth-order valence-corrected chi connectivity index (χ4v) is 1.86. The first-order valence-corrected chi connectivity index (χ1v) is 7.08. The third-order valence-corrected chi connectivity index (χ3v) is 3.17. The standard InChI is InChI=1S/C11H22N2OS/c1-11(2,6-4-7-12)10-13-8-5-9-15(3)14/h13H,4-6,8-10H2,1-3H3. The van der Waals surface area contributed by atoms with Gasteiger partial charge in [0.2, 0.25) is 0 Å². The zero-order chi connectivity index (χ0) is 11.7. The van der Waals surface area contributed by atoms with Gasteiger partial charge in [-0.1, -0.05) is 13.8 Å². The van der Waals surface area contributed by atoms with E-state index in [9.17, 15) is 4.21 Å². The fraction of sp³-hybridized carbons (Fsp3) is 0.909. The fourth-order valence-electron chi connectivity index (χ4n) is 1.31. The van der Waals surface area contributed by atoms with E-state index in [0.717, 1.165) is 31.7 Å². The molecule has 1 N–H and O–H groups in total. The van der Waals surface area contributed by atoms with E-state index in [1.807, 2.05) is 0 Å². The number of hydrogen-bond donors (Lipinski definition) is 1. The van der Waals surface area contributed by atoms with Gasteiger partial charge >= 0.3 is 0 Å². The normalized spacial score (nSPS) is 13.5. The van der Waals surface area contributed by atoms with Crippen LogP contribution in [0.25, 0.3) is 0 Å². The van der Waals surface area contributed by atoms with Gasteiger partial charge in [-0.05, 0) is 24.8 Å². The minimum absolute atomic E-state index is 0.182. The molecular weight excluding hydrogens is 208 g/mol. The lowest BCUT2D eigenvalue weighted by Gasteiger charge is -2.23. The van der Waals surface area contributed by atoms with Crippen molar-refractivity contribution in [1.29, 1.82) is 5.26 Å². The van der Waals surface area contributed by atoms with Crippen LogP contribution in [-0.4, -0.2) is 29.3 Å². The van der Waals surface area contributed by atoms with Gasteiger partial charge < -0.3 is 5.32 Å². The second-order valence-electron chi connectivity index (χ2n) is 4.63. The smallest absolute Gasteiger partial charge is 0.0621 e. The number of nitrogens with one attached hydrogen (secondary N) is 1. The Morgan fingerprint density at radius 2 is 2.13 bits per heavy atom. The molecule has 0 saturated heterocycles. The largest absolute Gasteiger partial charge is 0.316 e. The summed E-state index contributed by atoms with van der Waals surface area (Å²) in [5.74, 6) is 0.769. The lowest BCUT2D eigenvalue weighted by Crippen LogP contribution is -2.30. The van der Waals surface area contributed by atoms with Gasteiger partial charge in [-0.25, -0.2) is 0 Å². The van der Waals surface area contributed by atoms with Crippen LogP contribution in [0.3, 0.4) is 0 Å². The van der Waals surface area contributed by atoms with E-state index in [0.29, 0.717) is 6.42 Å². The molecule has 0 fully saturated rings. The average Bonchev–Trinajstić information content (AvgIpc) is 2.14. The van der Waals surface area contributed by atoms with Crippen molar-refractivity contribution in [2.45, 2.75) is 33.1 Å². The maximum atomic E-state index is 10.8. The molecule has 0 aromatic carbocycles. The molecule has 1 atom stereocenters. The molecule has 0 saturated carbocycles. The van der Waals surface area contributed by atoms with Crippen LogP contribution in [0, 0.1) is 16.7 Å². The Morgan fingerprint density at radius 3 is 2.67 bits per heavy atom. The van der Waals surface area contributed by atoms with E-state index in [2.05, 4.69) is 25.2 Å². The van der Waals surface area contributed by atoms with Crippen molar-refractivity contribution in [2.24, 2.45) is 5.41 Å². The van der Waals surface area contributed by atoms with Crippen LogP contribution in [-0.2, 0) is 10.8 Å². The summed E-state index contributed by atoms with van der Waals surface area (Å²) in [4.78, 5) is 0. The van der Waals surface area contributed by atoms with Crippen LogP contribution in [0.5, 0.6) is 0 Å². The summed E-state index contributed by atoms with van der Waals surface area (Å²) in [7, 11) is -0.678. The molecule has 0 amide bonds. The van der Waals surface area contributed by atoms with E-state index < -0.39 is 10.8 Å². The van der Waals surface area contributed by atoms with Crippen LogP contribution in [0.2, 0.25) is 0 Å². The first-order chi connectivity index (χ1) is 6.98. The summed E-state index contributed by atoms with van der Waals surface area (Å²) in [6.45, 7) is 6.16. The van der Waals surface area contributed by atoms with Crippen molar-refractivity contribution in [3.8, 4) is 6.07 Å². The predicted octanol–water partition coefficient (Wildman–Crippen LogP) is 1.67. The second kappa shape index (κ2) is 7.84. The average molecular weight is 230 g/mol. The quantitative estimate of drug-likeness (QED) is 0.645. The molecule has 15 heavy (non-hydrogen) atoms. The molecule has 1 unspecified atom stereocenters. The molecular formula is C11H22N2OS. The summed E-state index contributed by atoms with van der Waals surface area (Å²) in [6.07, 6.45) is 4.23. The van der Waals surface area contributed by atoms with Gasteiger partial charge in [0.1, 0.15) is 0 Å². The molecule has 0 aliphatic carbocycles. The Kier molecular flexibility index (Phi) is 7.63. The summed E-state index contributed by atoms with van der Waals surface area (Å²) >= 11 is 0. The van der Waals surface area contributed by atoms with E-state index in [1.165, 1.54) is 0 Å². The van der Waals surface area contributed by atoms with Crippen LogP contribution >= 0.6 is 0 Å².